The zero-order valence-corrected chi connectivity index (χ0v) is 21.3. The van der Waals surface area contributed by atoms with Gasteiger partial charge >= 0.3 is 0 Å². The van der Waals surface area contributed by atoms with Gasteiger partial charge in [0.15, 0.2) is 17.5 Å². The summed E-state index contributed by atoms with van der Waals surface area (Å²) < 4.78 is 12.0. The van der Waals surface area contributed by atoms with E-state index >= 15 is 0 Å². The Morgan fingerprint density at radius 1 is 1.19 bits per heavy atom. The van der Waals surface area contributed by atoms with Gasteiger partial charge in [-0.1, -0.05) is 30.2 Å². The highest BCUT2D eigenvalue weighted by atomic mass is 127. The fourth-order valence-electron chi connectivity index (χ4n) is 3.02. The minimum atomic E-state index is -0.619. The molecule has 170 valence electrons. The van der Waals surface area contributed by atoms with E-state index in [-0.39, 0.29) is 30.6 Å². The molecule has 0 aliphatic heterocycles. The van der Waals surface area contributed by atoms with Gasteiger partial charge in [0, 0.05) is 22.7 Å². The van der Waals surface area contributed by atoms with E-state index in [1.54, 1.807) is 18.4 Å². The number of hydrogen-bond donors (Lipinski definition) is 3. The fraction of sp³-hybridized carbons (Fsp3) is 0.292. The summed E-state index contributed by atoms with van der Waals surface area (Å²) in [6.45, 7) is 3.67. The summed E-state index contributed by atoms with van der Waals surface area (Å²) in [4.78, 5) is 5.54. The molecule has 6 nitrogen and oxygen atoms in total. The highest BCUT2D eigenvalue weighted by Gasteiger charge is 2.12. The molecule has 3 aromatic rings. The molecule has 1 heterocycles. The molecule has 0 radical (unpaired) electrons. The molecule has 3 N–H and O–H groups in total. The molecule has 0 aliphatic rings. The van der Waals surface area contributed by atoms with Crippen LogP contribution in [0.25, 0.3) is 10.1 Å². The summed E-state index contributed by atoms with van der Waals surface area (Å²) in [5.41, 5.74) is 0.954. The van der Waals surface area contributed by atoms with Gasteiger partial charge in [-0.2, -0.15) is 0 Å². The maximum atomic E-state index is 10.6. The van der Waals surface area contributed by atoms with Crippen molar-refractivity contribution < 1.29 is 14.6 Å². The number of terminal acetylenes is 1. The summed E-state index contributed by atoms with van der Waals surface area (Å²) >= 11 is 1.60. The second-order valence-corrected chi connectivity index (χ2v) is 7.87. The number of aliphatic hydroxyl groups is 1. The Bertz CT molecular complexity index is 1040. The average Bonchev–Trinajstić information content (AvgIpc) is 3.23. The number of nitrogens with one attached hydrogen (secondary N) is 2. The summed E-state index contributed by atoms with van der Waals surface area (Å²) in [6, 6.07) is 15.8. The number of aliphatic hydroxyl groups excluding tert-OH is 1. The van der Waals surface area contributed by atoms with E-state index in [1.165, 1.54) is 4.70 Å². The average molecular weight is 565 g/mol. The maximum absolute atomic E-state index is 10.6. The van der Waals surface area contributed by atoms with E-state index in [1.807, 2.05) is 43.3 Å². The van der Waals surface area contributed by atoms with Crippen LogP contribution in [-0.4, -0.2) is 37.9 Å². The van der Waals surface area contributed by atoms with Crippen molar-refractivity contribution in [1.82, 2.24) is 10.6 Å². The minimum Gasteiger partial charge on any atom is -0.493 e. The molecular formula is C24H28IN3O3S. The standard InChI is InChI=1S/C24H27N3O3S.HI/c1-4-12-30-21-13-17(10-11-20(21)29-3)15-26-24(25-5-2)27-16-19(28)23-14-18-8-6-7-9-22(18)31-23;/h1,6-11,13-14,19,28H,5,12,15-16H2,2-3H3,(H2,25,26,27);1H. The van der Waals surface area contributed by atoms with Crippen LogP contribution >= 0.6 is 35.3 Å². The van der Waals surface area contributed by atoms with Crippen molar-refractivity contribution in [2.24, 2.45) is 4.99 Å². The number of guanidine groups is 1. The second-order valence-electron chi connectivity index (χ2n) is 6.76. The van der Waals surface area contributed by atoms with Crippen LogP contribution in [0.5, 0.6) is 11.5 Å². The van der Waals surface area contributed by atoms with Gasteiger partial charge in [0.2, 0.25) is 0 Å². The number of nitrogens with zero attached hydrogens (tertiary/aromatic N) is 1. The third kappa shape index (κ3) is 7.02. The largest absolute Gasteiger partial charge is 0.493 e. The van der Waals surface area contributed by atoms with Crippen LogP contribution in [-0.2, 0) is 6.54 Å². The van der Waals surface area contributed by atoms with Crippen molar-refractivity contribution in [2.75, 3.05) is 26.8 Å². The Balaban J connectivity index is 0.00000363. The van der Waals surface area contributed by atoms with Gasteiger partial charge in [0.05, 0.1) is 13.7 Å². The number of benzene rings is 2. The lowest BCUT2D eigenvalue weighted by molar-refractivity contribution is 0.184. The van der Waals surface area contributed by atoms with Gasteiger partial charge in [-0.3, -0.25) is 0 Å². The van der Waals surface area contributed by atoms with Gasteiger partial charge in [-0.15, -0.1) is 41.7 Å². The van der Waals surface area contributed by atoms with Crippen LogP contribution in [0.4, 0.5) is 0 Å². The van der Waals surface area contributed by atoms with Gasteiger partial charge in [0.1, 0.15) is 12.7 Å². The lowest BCUT2D eigenvalue weighted by Crippen LogP contribution is -2.39. The predicted octanol–water partition coefficient (Wildman–Crippen LogP) is 4.33. The zero-order valence-electron chi connectivity index (χ0n) is 18.1. The molecule has 32 heavy (non-hydrogen) atoms. The van der Waals surface area contributed by atoms with Crippen molar-refractivity contribution in [2.45, 2.75) is 19.6 Å². The summed E-state index contributed by atoms with van der Waals surface area (Å²) in [5.74, 6) is 4.30. The molecule has 8 heteroatoms. The Hall–Kier alpha value is -2.48. The SMILES string of the molecule is C#CCOc1cc(CN=C(NCC)NCC(O)c2cc3ccccc3s2)ccc1OC.I. The van der Waals surface area contributed by atoms with Crippen LogP contribution in [0.15, 0.2) is 53.5 Å². The third-order valence-corrected chi connectivity index (χ3v) is 5.76. The fourth-order valence-corrected chi connectivity index (χ4v) is 4.07. The summed E-state index contributed by atoms with van der Waals surface area (Å²) in [7, 11) is 1.59. The molecule has 1 unspecified atom stereocenters. The Kier molecular flexibility index (Phi) is 10.6. The molecule has 0 aliphatic carbocycles. The van der Waals surface area contributed by atoms with Crippen LogP contribution in [0.2, 0.25) is 0 Å². The molecule has 0 amide bonds. The molecule has 3 rings (SSSR count). The molecule has 0 saturated heterocycles. The number of rotatable bonds is 9. The van der Waals surface area contributed by atoms with Crippen LogP contribution in [0, 0.1) is 12.3 Å². The monoisotopic (exact) mass is 565 g/mol. The van der Waals surface area contributed by atoms with Crippen molar-refractivity contribution >= 4 is 51.4 Å². The van der Waals surface area contributed by atoms with Gasteiger partial charge < -0.3 is 25.2 Å². The van der Waals surface area contributed by atoms with Gasteiger partial charge in [-0.25, -0.2) is 4.99 Å². The van der Waals surface area contributed by atoms with Gasteiger partial charge in [-0.05, 0) is 42.1 Å². The first kappa shape index (κ1) is 25.8. The first-order valence-electron chi connectivity index (χ1n) is 10.1. The van der Waals surface area contributed by atoms with E-state index in [0.29, 0.717) is 37.1 Å². The maximum Gasteiger partial charge on any atom is 0.191 e. The van der Waals surface area contributed by atoms with E-state index in [4.69, 9.17) is 15.9 Å². The molecule has 0 spiro atoms. The predicted molar refractivity (Wildman–Crippen MR) is 142 cm³/mol. The second kappa shape index (κ2) is 13.2. The number of methoxy groups -OCH3 is 1. The molecule has 1 atom stereocenters. The Morgan fingerprint density at radius 3 is 2.72 bits per heavy atom. The van der Waals surface area contributed by atoms with Crippen molar-refractivity contribution in [3.05, 3.63) is 59.0 Å². The Labute approximate surface area is 210 Å². The number of ether oxygens (including phenoxy) is 2. The molecule has 0 saturated carbocycles. The molecule has 0 bridgehead atoms. The van der Waals surface area contributed by atoms with Crippen molar-refractivity contribution in [3.63, 3.8) is 0 Å². The van der Waals surface area contributed by atoms with Crippen LogP contribution in [0.3, 0.4) is 0 Å². The van der Waals surface area contributed by atoms with E-state index in [2.05, 4.69) is 33.7 Å². The van der Waals surface area contributed by atoms with E-state index in [9.17, 15) is 5.11 Å². The normalized spacial score (nSPS) is 11.9. The van der Waals surface area contributed by atoms with Crippen LogP contribution in [0.1, 0.15) is 23.5 Å². The number of thiophene rings is 1. The minimum absolute atomic E-state index is 0. The number of fused-ring (bicyclic) bond motifs is 1. The van der Waals surface area contributed by atoms with E-state index < -0.39 is 6.10 Å². The lowest BCUT2D eigenvalue weighted by Gasteiger charge is -2.15. The smallest absolute Gasteiger partial charge is 0.191 e. The van der Waals surface area contributed by atoms with E-state index in [0.717, 1.165) is 15.8 Å². The molecular weight excluding hydrogens is 537 g/mol. The third-order valence-electron chi connectivity index (χ3n) is 4.54. The molecule has 0 fully saturated rings. The van der Waals surface area contributed by atoms with Crippen LogP contribution < -0.4 is 20.1 Å². The van der Waals surface area contributed by atoms with Crippen molar-refractivity contribution in [3.8, 4) is 23.8 Å². The number of hydrogen-bond acceptors (Lipinski definition) is 5. The summed E-state index contributed by atoms with van der Waals surface area (Å²) in [6.07, 6.45) is 4.67. The van der Waals surface area contributed by atoms with Gasteiger partial charge in [0.25, 0.3) is 0 Å². The highest BCUT2D eigenvalue weighted by molar-refractivity contribution is 14.0. The number of aliphatic imine (C=N–C) groups is 1. The first-order valence-corrected chi connectivity index (χ1v) is 10.9. The molecule has 2 aromatic carbocycles. The number of halogens is 1. The Morgan fingerprint density at radius 2 is 2.00 bits per heavy atom. The van der Waals surface area contributed by atoms with Crippen molar-refractivity contribution in [1.29, 1.82) is 0 Å². The zero-order chi connectivity index (χ0) is 22.1. The molecule has 1 aromatic heterocycles. The highest BCUT2D eigenvalue weighted by Crippen LogP contribution is 2.30. The lowest BCUT2D eigenvalue weighted by atomic mass is 10.2. The quantitative estimate of drug-likeness (QED) is 0.156. The topological polar surface area (TPSA) is 75.1 Å². The first-order chi connectivity index (χ1) is 15.1. The summed E-state index contributed by atoms with van der Waals surface area (Å²) in [5, 5.41) is 18.2.